The number of methoxy groups -OCH3 is 1. The normalized spacial score (nSPS) is 12.1. The number of carbonyl (C=O) groups is 3. The van der Waals surface area contributed by atoms with E-state index in [0.717, 1.165) is 0 Å². The maximum absolute atomic E-state index is 12.7. The molecule has 29 heavy (non-hydrogen) atoms. The Hall–Kier alpha value is -3.20. The number of hydrogen-bond donors (Lipinski definition) is 3. The standard InChI is InChI=1S/C20H22N2O6S/c1-27-14-7-5-13(6-8-14)12-16(22-19(24)17-4-3-10-28-17)18(23)21-15(20(25)26)9-11-29-2/h3-8,10,12,15H,9,11H2,1-2H3,(H,21,23)(H,22,24)(H,25,26)/b16-12-/t15-/m1/s1. The number of nitrogens with one attached hydrogen (secondary N) is 2. The molecule has 0 fully saturated rings. The number of hydrogen-bond acceptors (Lipinski definition) is 6. The molecule has 1 aromatic heterocycles. The van der Waals surface area contributed by atoms with E-state index in [9.17, 15) is 19.5 Å². The molecule has 0 unspecified atom stereocenters. The van der Waals surface area contributed by atoms with E-state index in [1.54, 1.807) is 30.3 Å². The van der Waals surface area contributed by atoms with E-state index < -0.39 is 23.8 Å². The molecule has 2 amide bonds. The summed E-state index contributed by atoms with van der Waals surface area (Å²) >= 11 is 1.47. The summed E-state index contributed by atoms with van der Waals surface area (Å²) in [6.07, 6.45) is 4.89. The molecule has 0 aliphatic carbocycles. The predicted molar refractivity (Wildman–Crippen MR) is 110 cm³/mol. The van der Waals surface area contributed by atoms with Crippen molar-refractivity contribution in [1.29, 1.82) is 0 Å². The second-order valence-electron chi connectivity index (χ2n) is 5.91. The minimum absolute atomic E-state index is 0.0237. The highest BCUT2D eigenvalue weighted by atomic mass is 32.2. The van der Waals surface area contributed by atoms with E-state index in [1.165, 1.54) is 37.3 Å². The topological polar surface area (TPSA) is 118 Å². The van der Waals surface area contributed by atoms with Gasteiger partial charge < -0.3 is 24.9 Å². The zero-order chi connectivity index (χ0) is 21.2. The van der Waals surface area contributed by atoms with Crippen molar-refractivity contribution >= 4 is 35.6 Å². The number of benzene rings is 1. The van der Waals surface area contributed by atoms with Crippen molar-refractivity contribution in [3.8, 4) is 5.75 Å². The summed E-state index contributed by atoms with van der Waals surface area (Å²) < 4.78 is 10.1. The second-order valence-corrected chi connectivity index (χ2v) is 6.89. The number of aliphatic carboxylic acids is 1. The molecule has 0 saturated heterocycles. The maximum atomic E-state index is 12.7. The van der Waals surface area contributed by atoms with Gasteiger partial charge in [0.15, 0.2) is 5.76 Å². The third-order valence-electron chi connectivity index (χ3n) is 3.88. The van der Waals surface area contributed by atoms with Crippen LogP contribution in [0.25, 0.3) is 6.08 Å². The molecular formula is C20H22N2O6S. The van der Waals surface area contributed by atoms with Crippen molar-refractivity contribution in [3.63, 3.8) is 0 Å². The first kappa shape index (κ1) is 22.1. The minimum atomic E-state index is -1.14. The van der Waals surface area contributed by atoms with Gasteiger partial charge in [0, 0.05) is 0 Å². The average Bonchev–Trinajstić information content (AvgIpc) is 3.25. The molecule has 1 atom stereocenters. The lowest BCUT2D eigenvalue weighted by molar-refractivity contribution is -0.141. The molecule has 2 rings (SSSR count). The monoisotopic (exact) mass is 418 g/mol. The van der Waals surface area contributed by atoms with Gasteiger partial charge in [0.1, 0.15) is 17.5 Å². The van der Waals surface area contributed by atoms with Crippen molar-refractivity contribution in [3.05, 3.63) is 59.7 Å². The Morgan fingerprint density at radius 3 is 2.52 bits per heavy atom. The highest BCUT2D eigenvalue weighted by Gasteiger charge is 2.23. The number of rotatable bonds is 10. The number of furan rings is 1. The Bertz CT molecular complexity index is 862. The second kappa shape index (κ2) is 11.0. The van der Waals surface area contributed by atoms with Gasteiger partial charge in [-0.1, -0.05) is 12.1 Å². The van der Waals surface area contributed by atoms with Crippen LogP contribution in [0.5, 0.6) is 5.75 Å². The van der Waals surface area contributed by atoms with Crippen molar-refractivity contribution in [1.82, 2.24) is 10.6 Å². The van der Waals surface area contributed by atoms with Crippen LogP contribution in [-0.2, 0) is 9.59 Å². The fourth-order valence-electron chi connectivity index (χ4n) is 2.35. The van der Waals surface area contributed by atoms with Gasteiger partial charge in [0.05, 0.1) is 13.4 Å². The lowest BCUT2D eigenvalue weighted by Gasteiger charge is -2.16. The van der Waals surface area contributed by atoms with Gasteiger partial charge in [-0.25, -0.2) is 4.79 Å². The number of amides is 2. The summed E-state index contributed by atoms with van der Waals surface area (Å²) in [5.74, 6) is -1.26. The van der Waals surface area contributed by atoms with Crippen LogP contribution in [0.4, 0.5) is 0 Å². The highest BCUT2D eigenvalue weighted by Crippen LogP contribution is 2.14. The van der Waals surface area contributed by atoms with E-state index in [1.807, 2.05) is 6.26 Å². The molecule has 0 aliphatic heterocycles. The summed E-state index contributed by atoms with van der Waals surface area (Å²) in [7, 11) is 1.54. The van der Waals surface area contributed by atoms with Crippen LogP contribution in [0.3, 0.4) is 0 Å². The van der Waals surface area contributed by atoms with Gasteiger partial charge in [0.25, 0.3) is 11.8 Å². The number of carboxylic acids is 1. The van der Waals surface area contributed by atoms with E-state index in [-0.39, 0.29) is 17.9 Å². The summed E-state index contributed by atoms with van der Waals surface area (Å²) in [6.45, 7) is 0. The zero-order valence-electron chi connectivity index (χ0n) is 16.0. The first-order valence-electron chi connectivity index (χ1n) is 8.67. The molecule has 9 heteroatoms. The highest BCUT2D eigenvalue weighted by molar-refractivity contribution is 7.98. The Morgan fingerprint density at radius 2 is 1.97 bits per heavy atom. The molecule has 0 aliphatic rings. The lowest BCUT2D eigenvalue weighted by Crippen LogP contribution is -2.44. The van der Waals surface area contributed by atoms with Crippen molar-refractivity contribution in [2.24, 2.45) is 0 Å². The summed E-state index contributed by atoms with van der Waals surface area (Å²) in [5, 5.41) is 14.3. The number of carboxylic acid groups (broad SMARTS) is 1. The molecule has 154 valence electrons. The predicted octanol–water partition coefficient (Wildman–Crippen LogP) is 2.38. The van der Waals surface area contributed by atoms with E-state index in [0.29, 0.717) is 17.1 Å². The van der Waals surface area contributed by atoms with Gasteiger partial charge in [-0.3, -0.25) is 9.59 Å². The SMILES string of the molecule is COc1ccc(/C=C(\NC(=O)c2ccco2)C(=O)N[C@H](CCSC)C(=O)O)cc1. The number of carbonyl (C=O) groups excluding carboxylic acids is 2. The van der Waals surface area contributed by atoms with Crippen molar-refractivity contribution in [2.45, 2.75) is 12.5 Å². The minimum Gasteiger partial charge on any atom is -0.497 e. The first-order valence-corrected chi connectivity index (χ1v) is 10.1. The van der Waals surface area contributed by atoms with Gasteiger partial charge in [-0.15, -0.1) is 0 Å². The molecule has 1 aromatic carbocycles. The van der Waals surface area contributed by atoms with Crippen LogP contribution in [0, 0.1) is 0 Å². The largest absolute Gasteiger partial charge is 0.497 e. The van der Waals surface area contributed by atoms with Gasteiger partial charge >= 0.3 is 5.97 Å². The van der Waals surface area contributed by atoms with E-state index in [2.05, 4.69) is 10.6 Å². The quantitative estimate of drug-likeness (QED) is 0.507. The molecule has 8 nitrogen and oxygen atoms in total. The van der Waals surface area contributed by atoms with E-state index >= 15 is 0 Å². The molecule has 3 N–H and O–H groups in total. The van der Waals surface area contributed by atoms with E-state index in [4.69, 9.17) is 9.15 Å². The zero-order valence-corrected chi connectivity index (χ0v) is 16.8. The third kappa shape index (κ3) is 6.72. The van der Waals surface area contributed by atoms with Crippen molar-refractivity contribution < 1.29 is 28.6 Å². The fourth-order valence-corrected chi connectivity index (χ4v) is 2.82. The molecule has 0 radical (unpaired) electrons. The summed E-state index contributed by atoms with van der Waals surface area (Å²) in [6, 6.07) is 8.74. The number of thioether (sulfide) groups is 1. The Labute approximate surface area is 172 Å². The first-order chi connectivity index (χ1) is 13.9. The molecule has 0 saturated carbocycles. The molecule has 0 bridgehead atoms. The molecular weight excluding hydrogens is 396 g/mol. The van der Waals surface area contributed by atoms with Gasteiger partial charge in [-0.05, 0) is 54.3 Å². The third-order valence-corrected chi connectivity index (χ3v) is 4.52. The number of ether oxygens (including phenoxy) is 1. The van der Waals surface area contributed by atoms with Crippen LogP contribution in [0.2, 0.25) is 0 Å². The fraction of sp³-hybridized carbons (Fsp3) is 0.250. The van der Waals surface area contributed by atoms with Crippen LogP contribution in [-0.4, -0.2) is 48.1 Å². The summed E-state index contributed by atoms with van der Waals surface area (Å²) in [4.78, 5) is 36.5. The Balaban J connectivity index is 2.26. The molecule has 1 heterocycles. The maximum Gasteiger partial charge on any atom is 0.326 e. The Morgan fingerprint density at radius 1 is 1.24 bits per heavy atom. The van der Waals surface area contributed by atoms with Crippen LogP contribution in [0.1, 0.15) is 22.5 Å². The van der Waals surface area contributed by atoms with Crippen LogP contribution >= 0.6 is 11.8 Å². The smallest absolute Gasteiger partial charge is 0.326 e. The van der Waals surface area contributed by atoms with Crippen LogP contribution < -0.4 is 15.4 Å². The Kier molecular flexibility index (Phi) is 8.35. The lowest BCUT2D eigenvalue weighted by atomic mass is 10.1. The summed E-state index contributed by atoms with van der Waals surface area (Å²) in [5.41, 5.74) is 0.513. The van der Waals surface area contributed by atoms with Crippen molar-refractivity contribution in [2.75, 3.05) is 19.1 Å². The van der Waals surface area contributed by atoms with Gasteiger partial charge in [0.2, 0.25) is 0 Å². The van der Waals surface area contributed by atoms with Crippen LogP contribution in [0.15, 0.2) is 52.8 Å². The molecule has 0 spiro atoms. The average molecular weight is 418 g/mol. The van der Waals surface area contributed by atoms with Gasteiger partial charge in [-0.2, -0.15) is 11.8 Å². The molecule has 2 aromatic rings.